The minimum absolute atomic E-state index is 0.0527. The van der Waals surface area contributed by atoms with E-state index in [0.717, 1.165) is 49.0 Å². The molecule has 3 heterocycles. The van der Waals surface area contributed by atoms with Gasteiger partial charge in [-0.3, -0.25) is 4.79 Å². The Labute approximate surface area is 159 Å². The van der Waals surface area contributed by atoms with Crippen molar-refractivity contribution >= 4 is 22.6 Å². The third-order valence-electron chi connectivity index (χ3n) is 5.42. The van der Waals surface area contributed by atoms with Crippen LogP contribution in [-0.4, -0.2) is 30.3 Å². The summed E-state index contributed by atoms with van der Waals surface area (Å²) in [6.45, 7) is 7.79. The molecule has 1 saturated heterocycles. The summed E-state index contributed by atoms with van der Waals surface area (Å²) in [6.07, 6.45) is 5.11. The maximum absolute atomic E-state index is 12.7. The molecule has 0 amide bonds. The van der Waals surface area contributed by atoms with Gasteiger partial charge < -0.3 is 19.5 Å². The maximum atomic E-state index is 12.7. The maximum Gasteiger partial charge on any atom is 0.196 e. The summed E-state index contributed by atoms with van der Waals surface area (Å²) in [5.41, 5.74) is 9.23. The Kier molecular flexibility index (Phi) is 4.79. The van der Waals surface area contributed by atoms with Crippen LogP contribution in [0.1, 0.15) is 54.1 Å². The summed E-state index contributed by atoms with van der Waals surface area (Å²) in [5, 5.41) is 0.962. The number of ketones is 1. The largest absolute Gasteiger partial charge is 0.472 e. The van der Waals surface area contributed by atoms with Gasteiger partial charge >= 0.3 is 0 Å². The molecule has 5 nitrogen and oxygen atoms in total. The fourth-order valence-electron chi connectivity index (χ4n) is 4.18. The number of fused-ring (bicyclic) bond motifs is 1. The first-order chi connectivity index (χ1) is 13.0. The van der Waals surface area contributed by atoms with Crippen LogP contribution in [-0.2, 0) is 0 Å². The molecular weight excluding hydrogens is 340 g/mol. The van der Waals surface area contributed by atoms with E-state index in [1.165, 1.54) is 12.5 Å². The van der Waals surface area contributed by atoms with Crippen molar-refractivity contribution in [1.82, 2.24) is 4.90 Å². The number of furan rings is 2. The molecule has 0 atom stereocenters. The van der Waals surface area contributed by atoms with Gasteiger partial charge in [0.15, 0.2) is 11.7 Å². The van der Waals surface area contributed by atoms with Gasteiger partial charge in [-0.1, -0.05) is 13.8 Å². The highest BCUT2D eigenvalue weighted by Crippen LogP contribution is 2.39. The van der Waals surface area contributed by atoms with E-state index in [1.807, 2.05) is 12.1 Å². The van der Waals surface area contributed by atoms with Crippen molar-refractivity contribution in [3.05, 3.63) is 53.5 Å². The molecule has 142 valence electrons. The normalized spacial score (nSPS) is 16.4. The van der Waals surface area contributed by atoms with E-state index < -0.39 is 0 Å². The number of benzene rings is 1. The van der Waals surface area contributed by atoms with Gasteiger partial charge in [0.25, 0.3) is 0 Å². The highest BCUT2D eigenvalue weighted by Gasteiger charge is 2.27. The zero-order valence-corrected chi connectivity index (χ0v) is 15.9. The first-order valence-electron chi connectivity index (χ1n) is 9.64. The zero-order valence-electron chi connectivity index (χ0n) is 15.9. The summed E-state index contributed by atoms with van der Waals surface area (Å²) in [4.78, 5) is 15.2. The molecule has 3 aromatic rings. The lowest BCUT2D eigenvalue weighted by Crippen LogP contribution is -2.35. The molecule has 0 bridgehead atoms. The van der Waals surface area contributed by atoms with Crippen molar-refractivity contribution in [3.8, 4) is 0 Å². The lowest BCUT2D eigenvalue weighted by Gasteiger charge is -2.32. The Bertz CT molecular complexity index is 932. The molecular formula is C22H26N2O3. The number of carbonyl (C=O) groups excluding carboxylic acids is 1. The highest BCUT2D eigenvalue weighted by molar-refractivity contribution is 6.10. The number of nitrogens with two attached hydrogens (primary N) is 1. The predicted molar refractivity (Wildman–Crippen MR) is 106 cm³/mol. The summed E-state index contributed by atoms with van der Waals surface area (Å²) >= 11 is 0. The molecule has 1 fully saturated rings. The van der Waals surface area contributed by atoms with E-state index in [-0.39, 0.29) is 5.78 Å². The van der Waals surface area contributed by atoms with Crippen molar-refractivity contribution in [3.63, 3.8) is 0 Å². The van der Waals surface area contributed by atoms with Crippen molar-refractivity contribution in [2.24, 2.45) is 5.92 Å². The molecule has 1 aromatic carbocycles. The average molecular weight is 366 g/mol. The van der Waals surface area contributed by atoms with E-state index in [9.17, 15) is 4.79 Å². The fraction of sp³-hybridized carbons (Fsp3) is 0.409. The second-order valence-electron chi connectivity index (χ2n) is 7.90. The molecule has 0 aliphatic carbocycles. The van der Waals surface area contributed by atoms with Gasteiger partial charge in [0.1, 0.15) is 11.8 Å². The number of piperidine rings is 1. The summed E-state index contributed by atoms with van der Waals surface area (Å²) in [7, 11) is 0. The van der Waals surface area contributed by atoms with Gasteiger partial charge in [-0.2, -0.15) is 0 Å². The minimum atomic E-state index is -0.0527. The van der Waals surface area contributed by atoms with Crippen LogP contribution in [0.4, 0.5) is 5.88 Å². The number of hydrogen-bond donors (Lipinski definition) is 1. The SMILES string of the molecule is CC(C)CN1CCC(c2c(N)oc3ccc(C(=O)c4ccoc4)cc23)CC1. The number of anilines is 1. The van der Waals surface area contributed by atoms with Gasteiger partial charge in [-0.25, -0.2) is 0 Å². The van der Waals surface area contributed by atoms with Gasteiger partial charge in [0.2, 0.25) is 0 Å². The lowest BCUT2D eigenvalue weighted by atomic mass is 9.87. The van der Waals surface area contributed by atoms with Crippen molar-refractivity contribution in [2.75, 3.05) is 25.4 Å². The molecule has 1 aliphatic rings. The summed E-state index contributed by atoms with van der Waals surface area (Å²) in [6, 6.07) is 7.23. The molecule has 2 N–H and O–H groups in total. The van der Waals surface area contributed by atoms with Gasteiger partial charge in [-0.15, -0.1) is 0 Å². The van der Waals surface area contributed by atoms with E-state index in [4.69, 9.17) is 14.6 Å². The molecule has 1 aliphatic heterocycles. The third-order valence-corrected chi connectivity index (χ3v) is 5.42. The molecule has 27 heavy (non-hydrogen) atoms. The lowest BCUT2D eigenvalue weighted by molar-refractivity contribution is 0.103. The Balaban J connectivity index is 1.62. The van der Waals surface area contributed by atoms with Crippen LogP contribution < -0.4 is 5.73 Å². The van der Waals surface area contributed by atoms with Crippen LogP contribution in [0.15, 0.2) is 45.6 Å². The van der Waals surface area contributed by atoms with Crippen molar-refractivity contribution in [2.45, 2.75) is 32.6 Å². The van der Waals surface area contributed by atoms with E-state index in [2.05, 4.69) is 18.7 Å². The standard InChI is InChI=1S/C22H26N2O3/c1-14(2)12-24-8-5-15(6-9-24)20-18-11-16(3-4-19(18)27-22(20)23)21(25)17-7-10-26-13-17/h3-4,7,10-11,13-15H,5-6,8-9,12,23H2,1-2H3. The van der Waals surface area contributed by atoms with Crippen LogP contribution in [0.25, 0.3) is 11.0 Å². The first-order valence-corrected chi connectivity index (χ1v) is 9.64. The number of rotatable bonds is 5. The number of hydrogen-bond acceptors (Lipinski definition) is 5. The molecule has 0 radical (unpaired) electrons. The van der Waals surface area contributed by atoms with Crippen LogP contribution in [0.5, 0.6) is 0 Å². The topological polar surface area (TPSA) is 72.6 Å². The van der Waals surface area contributed by atoms with Crippen LogP contribution in [0, 0.1) is 5.92 Å². The average Bonchev–Trinajstić information content (AvgIpc) is 3.28. The second kappa shape index (κ2) is 7.24. The first kappa shape index (κ1) is 17.9. The Morgan fingerprint density at radius 1 is 1.22 bits per heavy atom. The van der Waals surface area contributed by atoms with E-state index in [0.29, 0.717) is 28.8 Å². The quantitative estimate of drug-likeness (QED) is 0.664. The molecule has 0 unspecified atom stereocenters. The smallest absolute Gasteiger partial charge is 0.196 e. The highest BCUT2D eigenvalue weighted by atomic mass is 16.3. The van der Waals surface area contributed by atoms with E-state index >= 15 is 0 Å². The van der Waals surface area contributed by atoms with Gasteiger partial charge in [0, 0.05) is 23.1 Å². The molecule has 4 rings (SSSR count). The number of carbonyl (C=O) groups is 1. The molecule has 0 spiro atoms. The number of likely N-dealkylation sites (tertiary alicyclic amines) is 1. The second-order valence-corrected chi connectivity index (χ2v) is 7.90. The van der Waals surface area contributed by atoms with Crippen LogP contribution in [0.3, 0.4) is 0 Å². The Morgan fingerprint density at radius 2 is 2.00 bits per heavy atom. The Morgan fingerprint density at radius 3 is 2.67 bits per heavy atom. The number of nitrogen functional groups attached to an aromatic ring is 1. The summed E-state index contributed by atoms with van der Waals surface area (Å²) < 4.78 is 10.8. The third kappa shape index (κ3) is 3.52. The zero-order chi connectivity index (χ0) is 19.0. The van der Waals surface area contributed by atoms with E-state index in [1.54, 1.807) is 12.1 Å². The van der Waals surface area contributed by atoms with Crippen molar-refractivity contribution in [1.29, 1.82) is 0 Å². The summed E-state index contributed by atoms with van der Waals surface area (Å²) in [5.74, 6) is 1.48. The predicted octanol–water partition coefficient (Wildman–Crippen LogP) is 4.67. The van der Waals surface area contributed by atoms with Crippen LogP contribution >= 0.6 is 0 Å². The Hall–Kier alpha value is -2.53. The minimum Gasteiger partial charge on any atom is -0.472 e. The monoisotopic (exact) mass is 366 g/mol. The van der Waals surface area contributed by atoms with Gasteiger partial charge in [-0.05, 0) is 62.0 Å². The van der Waals surface area contributed by atoms with Crippen molar-refractivity contribution < 1.29 is 13.6 Å². The molecule has 5 heteroatoms. The molecule has 2 aromatic heterocycles. The number of nitrogens with zero attached hydrogens (tertiary/aromatic N) is 1. The fourth-order valence-corrected chi connectivity index (χ4v) is 4.18. The van der Waals surface area contributed by atoms with Crippen LogP contribution in [0.2, 0.25) is 0 Å². The van der Waals surface area contributed by atoms with Gasteiger partial charge in [0.05, 0.1) is 11.8 Å². The molecule has 0 saturated carbocycles.